The molecule has 0 saturated carbocycles. The third-order valence-electron chi connectivity index (χ3n) is 4.84. The van der Waals surface area contributed by atoms with E-state index in [0.29, 0.717) is 37.6 Å². The summed E-state index contributed by atoms with van der Waals surface area (Å²) in [5.41, 5.74) is 1.80. The molecular weight excluding hydrogens is 374 g/mol. The maximum absolute atomic E-state index is 13.0. The number of hydrogen-bond donors (Lipinski definition) is 1. The first-order chi connectivity index (χ1) is 14.1. The second-order valence-corrected chi connectivity index (χ2v) is 6.78. The SMILES string of the molecule is O=C(O)c1cc(C2CCN(C(=O)c3ncccc3OCc3ccccc3)C2)no1. The summed E-state index contributed by atoms with van der Waals surface area (Å²) < 4.78 is 10.7. The van der Waals surface area contributed by atoms with E-state index in [4.69, 9.17) is 14.4 Å². The minimum atomic E-state index is -1.16. The van der Waals surface area contributed by atoms with Gasteiger partial charge in [-0.3, -0.25) is 4.79 Å². The van der Waals surface area contributed by atoms with Crippen molar-refractivity contribution in [1.82, 2.24) is 15.0 Å². The van der Waals surface area contributed by atoms with Crippen LogP contribution in [0.15, 0.2) is 59.3 Å². The summed E-state index contributed by atoms with van der Waals surface area (Å²) in [5, 5.41) is 12.8. The molecule has 1 saturated heterocycles. The first-order valence-corrected chi connectivity index (χ1v) is 9.22. The predicted molar refractivity (Wildman–Crippen MR) is 102 cm³/mol. The number of aromatic carboxylic acids is 1. The second-order valence-electron chi connectivity index (χ2n) is 6.78. The number of carbonyl (C=O) groups excluding carboxylic acids is 1. The van der Waals surface area contributed by atoms with Crippen LogP contribution in [0.1, 0.15) is 44.6 Å². The molecule has 0 radical (unpaired) electrons. The molecule has 148 valence electrons. The van der Waals surface area contributed by atoms with Crippen molar-refractivity contribution in [1.29, 1.82) is 0 Å². The molecule has 3 heterocycles. The van der Waals surface area contributed by atoms with Crippen molar-refractivity contribution in [3.05, 3.63) is 77.4 Å². The summed E-state index contributed by atoms with van der Waals surface area (Å²) in [6.07, 6.45) is 2.23. The molecule has 1 aliphatic heterocycles. The fourth-order valence-corrected chi connectivity index (χ4v) is 3.32. The van der Waals surface area contributed by atoms with E-state index in [1.807, 2.05) is 30.3 Å². The highest BCUT2D eigenvalue weighted by atomic mass is 16.5. The molecule has 1 fully saturated rings. The van der Waals surface area contributed by atoms with Gasteiger partial charge in [0.25, 0.3) is 5.91 Å². The molecule has 8 heteroatoms. The standard InChI is InChI=1S/C21H19N3O5/c25-20(24-10-8-15(12-24)16-11-18(21(26)27)29-23-16)19-17(7-4-9-22-19)28-13-14-5-2-1-3-6-14/h1-7,9,11,15H,8,10,12-13H2,(H,26,27). The molecule has 1 aromatic carbocycles. The van der Waals surface area contributed by atoms with Crippen molar-refractivity contribution in [3.63, 3.8) is 0 Å². The number of nitrogens with zero attached hydrogens (tertiary/aromatic N) is 3. The van der Waals surface area contributed by atoms with Crippen LogP contribution in [-0.2, 0) is 6.61 Å². The number of aromatic nitrogens is 2. The number of pyridine rings is 1. The number of ether oxygens (including phenoxy) is 1. The first kappa shape index (κ1) is 18.7. The maximum Gasteiger partial charge on any atom is 0.374 e. The Hall–Kier alpha value is -3.68. The van der Waals surface area contributed by atoms with E-state index >= 15 is 0 Å². The van der Waals surface area contributed by atoms with Crippen LogP contribution in [0.4, 0.5) is 0 Å². The van der Waals surface area contributed by atoms with Gasteiger partial charge in [0, 0.05) is 31.3 Å². The minimum Gasteiger partial charge on any atom is -0.486 e. The van der Waals surface area contributed by atoms with Crippen LogP contribution in [0.2, 0.25) is 0 Å². The van der Waals surface area contributed by atoms with E-state index in [1.165, 1.54) is 6.07 Å². The Morgan fingerprint density at radius 1 is 1.21 bits per heavy atom. The Bertz CT molecular complexity index is 1020. The molecule has 1 atom stereocenters. The van der Waals surface area contributed by atoms with Crippen LogP contribution in [0, 0.1) is 0 Å². The Morgan fingerprint density at radius 3 is 2.79 bits per heavy atom. The summed E-state index contributed by atoms with van der Waals surface area (Å²) in [5.74, 6) is -1.24. The normalized spacial score (nSPS) is 16.0. The van der Waals surface area contributed by atoms with Gasteiger partial charge in [0.15, 0.2) is 11.4 Å². The van der Waals surface area contributed by atoms with Gasteiger partial charge in [-0.05, 0) is 24.1 Å². The summed E-state index contributed by atoms with van der Waals surface area (Å²) in [4.78, 5) is 29.9. The molecule has 2 aromatic heterocycles. The van der Waals surface area contributed by atoms with E-state index in [-0.39, 0.29) is 23.3 Å². The molecule has 0 aliphatic carbocycles. The molecule has 1 aliphatic rings. The van der Waals surface area contributed by atoms with E-state index in [0.717, 1.165) is 5.56 Å². The Balaban J connectivity index is 1.45. The van der Waals surface area contributed by atoms with Gasteiger partial charge in [0.1, 0.15) is 6.61 Å². The summed E-state index contributed by atoms with van der Waals surface area (Å²) in [6, 6.07) is 14.6. The third kappa shape index (κ3) is 4.11. The van der Waals surface area contributed by atoms with Gasteiger partial charge in [0.05, 0.1) is 5.69 Å². The zero-order valence-corrected chi connectivity index (χ0v) is 15.5. The second kappa shape index (κ2) is 8.14. The molecule has 1 unspecified atom stereocenters. The Kier molecular flexibility index (Phi) is 5.24. The molecular formula is C21H19N3O5. The summed E-state index contributed by atoms with van der Waals surface area (Å²) in [6.45, 7) is 1.28. The van der Waals surface area contributed by atoms with Gasteiger partial charge >= 0.3 is 5.97 Å². The highest BCUT2D eigenvalue weighted by molar-refractivity contribution is 5.95. The van der Waals surface area contributed by atoms with Crippen molar-refractivity contribution >= 4 is 11.9 Å². The van der Waals surface area contributed by atoms with E-state index in [2.05, 4.69) is 10.1 Å². The van der Waals surface area contributed by atoms with Crippen molar-refractivity contribution in [2.45, 2.75) is 18.9 Å². The molecule has 8 nitrogen and oxygen atoms in total. The van der Waals surface area contributed by atoms with E-state index in [9.17, 15) is 9.59 Å². The van der Waals surface area contributed by atoms with Crippen molar-refractivity contribution in [3.8, 4) is 5.75 Å². The number of rotatable bonds is 6. The molecule has 1 amide bonds. The number of carboxylic acids is 1. The van der Waals surface area contributed by atoms with Crippen molar-refractivity contribution in [2.24, 2.45) is 0 Å². The Morgan fingerprint density at radius 2 is 2.03 bits per heavy atom. The van der Waals surface area contributed by atoms with Gasteiger partial charge < -0.3 is 19.3 Å². The average molecular weight is 393 g/mol. The zero-order chi connectivity index (χ0) is 20.2. The van der Waals surface area contributed by atoms with Crippen molar-refractivity contribution < 1.29 is 24.0 Å². The fraction of sp³-hybridized carbons (Fsp3) is 0.238. The number of likely N-dealkylation sites (tertiary alicyclic amines) is 1. The molecule has 29 heavy (non-hydrogen) atoms. The van der Waals surface area contributed by atoms with Gasteiger partial charge in [-0.1, -0.05) is 35.5 Å². The number of benzene rings is 1. The van der Waals surface area contributed by atoms with Crippen LogP contribution >= 0.6 is 0 Å². The largest absolute Gasteiger partial charge is 0.486 e. The summed E-state index contributed by atoms with van der Waals surface area (Å²) >= 11 is 0. The zero-order valence-electron chi connectivity index (χ0n) is 15.5. The average Bonchev–Trinajstić information content (AvgIpc) is 3.42. The predicted octanol–water partition coefficient (Wildman–Crippen LogP) is 2.98. The van der Waals surface area contributed by atoms with Crippen LogP contribution in [0.5, 0.6) is 5.75 Å². The number of hydrogen-bond acceptors (Lipinski definition) is 6. The lowest BCUT2D eigenvalue weighted by atomic mass is 10.1. The quantitative estimate of drug-likeness (QED) is 0.686. The molecule has 0 spiro atoms. The monoisotopic (exact) mass is 393 g/mol. The van der Waals surface area contributed by atoms with E-state index < -0.39 is 5.97 Å². The van der Waals surface area contributed by atoms with Crippen LogP contribution < -0.4 is 4.74 Å². The summed E-state index contributed by atoms with van der Waals surface area (Å²) in [7, 11) is 0. The van der Waals surface area contributed by atoms with Gasteiger partial charge in [-0.2, -0.15) is 0 Å². The third-order valence-corrected chi connectivity index (χ3v) is 4.84. The lowest BCUT2D eigenvalue weighted by Gasteiger charge is -2.17. The Labute approximate surface area is 166 Å². The number of amides is 1. The highest BCUT2D eigenvalue weighted by Crippen LogP contribution is 2.29. The number of carboxylic acid groups (broad SMARTS) is 1. The highest BCUT2D eigenvalue weighted by Gasteiger charge is 2.32. The van der Waals surface area contributed by atoms with Gasteiger partial charge in [-0.25, -0.2) is 9.78 Å². The van der Waals surface area contributed by atoms with Crippen molar-refractivity contribution in [2.75, 3.05) is 13.1 Å². The number of carbonyl (C=O) groups is 2. The lowest BCUT2D eigenvalue weighted by Crippen LogP contribution is -2.29. The lowest BCUT2D eigenvalue weighted by molar-refractivity contribution is 0.0651. The van der Waals surface area contributed by atoms with Crippen LogP contribution in [0.3, 0.4) is 0 Å². The molecule has 4 rings (SSSR count). The topological polar surface area (TPSA) is 106 Å². The van der Waals surface area contributed by atoms with Gasteiger partial charge in [0.2, 0.25) is 5.76 Å². The first-order valence-electron chi connectivity index (χ1n) is 9.22. The maximum atomic E-state index is 13.0. The molecule has 3 aromatic rings. The smallest absolute Gasteiger partial charge is 0.374 e. The molecule has 1 N–H and O–H groups in total. The van der Waals surface area contributed by atoms with Crippen LogP contribution in [-0.4, -0.2) is 45.1 Å². The fourth-order valence-electron chi connectivity index (χ4n) is 3.32. The van der Waals surface area contributed by atoms with Gasteiger partial charge in [-0.15, -0.1) is 0 Å². The van der Waals surface area contributed by atoms with E-state index in [1.54, 1.807) is 23.2 Å². The minimum absolute atomic E-state index is 0.0757. The molecule has 0 bridgehead atoms. The van der Waals surface area contributed by atoms with Crippen LogP contribution in [0.25, 0.3) is 0 Å².